The van der Waals surface area contributed by atoms with Gasteiger partial charge in [0.05, 0.1) is 0 Å². The Balaban J connectivity index is 2.17. The van der Waals surface area contributed by atoms with Crippen molar-refractivity contribution >= 4 is 37.5 Å². The minimum atomic E-state index is -1.24. The third kappa shape index (κ3) is 2.38. The van der Waals surface area contributed by atoms with Crippen molar-refractivity contribution in [2.75, 3.05) is 0 Å². The number of hydrogen-bond acceptors (Lipinski definition) is 0. The summed E-state index contributed by atoms with van der Waals surface area (Å²) in [6.07, 6.45) is 2.51. The van der Waals surface area contributed by atoms with Crippen LogP contribution in [0.1, 0.15) is 5.56 Å². The molecule has 0 saturated heterocycles. The van der Waals surface area contributed by atoms with Crippen LogP contribution in [0.5, 0.6) is 0 Å². The van der Waals surface area contributed by atoms with Crippen molar-refractivity contribution in [3.63, 3.8) is 0 Å². The second-order valence-electron chi connectivity index (χ2n) is 6.01. The molecule has 2 aromatic rings. The van der Waals surface area contributed by atoms with Gasteiger partial charge in [0, 0.05) is 0 Å². The number of benzene rings is 2. The van der Waals surface area contributed by atoms with E-state index in [0.29, 0.717) is 0 Å². The number of rotatable bonds is 2. The van der Waals surface area contributed by atoms with E-state index in [1.165, 1.54) is 5.56 Å². The van der Waals surface area contributed by atoms with E-state index < -0.39 is 22.7 Å². The number of hydrogen-bond donors (Lipinski definition) is 0. The van der Waals surface area contributed by atoms with E-state index >= 15 is 0 Å². The van der Waals surface area contributed by atoms with Gasteiger partial charge in [0.1, 0.15) is 0 Å². The summed E-state index contributed by atoms with van der Waals surface area (Å²) < 4.78 is 5.00. The summed E-state index contributed by atoms with van der Waals surface area (Å²) in [6.45, 7) is 7.44. The summed E-state index contributed by atoms with van der Waals surface area (Å²) in [6, 6.07) is 20.2. The molecule has 1 unspecified atom stereocenters. The Labute approximate surface area is 121 Å². The predicted octanol–water partition coefficient (Wildman–Crippen LogP) is 3.11. The molecule has 0 bridgehead atoms. The van der Waals surface area contributed by atoms with E-state index in [-0.39, 0.29) is 0 Å². The molecule has 0 saturated carbocycles. The predicted molar refractivity (Wildman–Crippen MR) is 89.2 cm³/mol. The van der Waals surface area contributed by atoms with Crippen LogP contribution in [-0.4, -0.2) is 22.7 Å². The van der Waals surface area contributed by atoms with Crippen molar-refractivity contribution in [2.45, 2.75) is 19.6 Å². The van der Waals surface area contributed by atoms with Crippen molar-refractivity contribution in [1.29, 1.82) is 0 Å². The standard InChI is InChI=1S/C17H19AsSi/c1-19(2,3)17-13-14-9-7-8-12-16(14)18(17)15-10-5-4-6-11-15/h4-13H,1-3H3. The van der Waals surface area contributed by atoms with Crippen LogP contribution < -0.4 is 8.70 Å². The zero-order valence-electron chi connectivity index (χ0n) is 11.7. The quantitative estimate of drug-likeness (QED) is 0.744. The van der Waals surface area contributed by atoms with Crippen molar-refractivity contribution in [2.24, 2.45) is 0 Å². The average molecular weight is 326 g/mol. The van der Waals surface area contributed by atoms with Gasteiger partial charge in [0.15, 0.2) is 0 Å². The van der Waals surface area contributed by atoms with Gasteiger partial charge in [-0.25, -0.2) is 0 Å². The summed E-state index contributed by atoms with van der Waals surface area (Å²) in [5.41, 5.74) is 1.48. The van der Waals surface area contributed by atoms with Gasteiger partial charge in [0.25, 0.3) is 0 Å². The average Bonchev–Trinajstić information content (AvgIpc) is 2.79. The molecule has 2 aromatic carbocycles. The van der Waals surface area contributed by atoms with Crippen LogP contribution in [0.2, 0.25) is 19.6 Å². The molecule has 0 radical (unpaired) electrons. The maximum atomic E-state index is 2.51. The van der Waals surface area contributed by atoms with E-state index in [2.05, 4.69) is 80.3 Å². The molecule has 0 N–H and O–H groups in total. The van der Waals surface area contributed by atoms with Crippen LogP contribution >= 0.6 is 0 Å². The third-order valence-corrected chi connectivity index (χ3v) is 15.4. The molecule has 0 aromatic heterocycles. The Hall–Kier alpha value is -1.04. The van der Waals surface area contributed by atoms with Gasteiger partial charge in [-0.05, 0) is 0 Å². The van der Waals surface area contributed by atoms with Crippen molar-refractivity contribution in [1.82, 2.24) is 0 Å². The summed E-state index contributed by atoms with van der Waals surface area (Å²) in [4.78, 5) is 0. The van der Waals surface area contributed by atoms with E-state index in [1.807, 2.05) is 0 Å². The zero-order chi connectivity index (χ0) is 13.5. The Morgan fingerprint density at radius 3 is 2.11 bits per heavy atom. The molecular weight excluding hydrogens is 307 g/mol. The molecule has 1 aliphatic rings. The first-order valence-corrected chi connectivity index (χ1v) is 13.1. The van der Waals surface area contributed by atoms with Crippen LogP contribution in [0.25, 0.3) is 6.08 Å². The van der Waals surface area contributed by atoms with E-state index in [4.69, 9.17) is 0 Å². The fourth-order valence-corrected chi connectivity index (χ4v) is 13.9. The topological polar surface area (TPSA) is 0 Å². The van der Waals surface area contributed by atoms with Crippen LogP contribution in [0.15, 0.2) is 58.6 Å². The minimum absolute atomic E-state index is 1.24. The molecule has 0 nitrogen and oxygen atoms in total. The van der Waals surface area contributed by atoms with E-state index in [0.717, 1.165) is 0 Å². The molecular formula is C17H19AsSi. The Kier molecular flexibility index (Phi) is 3.28. The molecule has 0 aliphatic carbocycles. The number of fused-ring (bicyclic) bond motifs is 1. The summed E-state index contributed by atoms with van der Waals surface area (Å²) in [5.74, 6) is 0. The van der Waals surface area contributed by atoms with Gasteiger partial charge in [-0.15, -0.1) is 0 Å². The molecule has 0 spiro atoms. The van der Waals surface area contributed by atoms with Crippen LogP contribution in [0.3, 0.4) is 0 Å². The van der Waals surface area contributed by atoms with Gasteiger partial charge in [-0.3, -0.25) is 0 Å². The van der Waals surface area contributed by atoms with Gasteiger partial charge >= 0.3 is 121 Å². The van der Waals surface area contributed by atoms with Gasteiger partial charge in [-0.2, -0.15) is 0 Å². The first kappa shape index (κ1) is 13.0. The Morgan fingerprint density at radius 1 is 0.789 bits per heavy atom. The van der Waals surface area contributed by atoms with Crippen LogP contribution in [0, 0.1) is 0 Å². The fourth-order valence-electron chi connectivity index (χ4n) is 2.56. The second kappa shape index (κ2) is 4.81. The first-order chi connectivity index (χ1) is 9.07. The van der Waals surface area contributed by atoms with Crippen molar-refractivity contribution in [3.8, 4) is 0 Å². The summed E-state index contributed by atoms with van der Waals surface area (Å²) >= 11 is -1.24. The van der Waals surface area contributed by atoms with Gasteiger partial charge in [0.2, 0.25) is 0 Å². The molecule has 0 amide bonds. The van der Waals surface area contributed by atoms with E-state index in [1.54, 1.807) is 12.7 Å². The molecule has 2 heteroatoms. The Morgan fingerprint density at radius 2 is 1.42 bits per heavy atom. The normalized spacial score (nSPS) is 18.1. The molecule has 19 heavy (non-hydrogen) atoms. The van der Waals surface area contributed by atoms with Crippen LogP contribution in [-0.2, 0) is 0 Å². The second-order valence-corrected chi connectivity index (χ2v) is 16.5. The van der Waals surface area contributed by atoms with E-state index in [9.17, 15) is 0 Å². The molecule has 1 atom stereocenters. The molecule has 1 aliphatic heterocycles. The third-order valence-electron chi connectivity index (χ3n) is 3.49. The summed E-state index contributed by atoms with van der Waals surface area (Å²) in [7, 11) is -1.24. The first-order valence-electron chi connectivity index (χ1n) is 6.74. The molecule has 0 fully saturated rings. The monoisotopic (exact) mass is 326 g/mol. The van der Waals surface area contributed by atoms with Crippen molar-refractivity contribution < 1.29 is 0 Å². The van der Waals surface area contributed by atoms with Crippen molar-refractivity contribution in [3.05, 3.63) is 64.1 Å². The zero-order valence-corrected chi connectivity index (χ0v) is 14.6. The van der Waals surface area contributed by atoms with Crippen LogP contribution in [0.4, 0.5) is 0 Å². The van der Waals surface area contributed by atoms with Gasteiger partial charge < -0.3 is 0 Å². The molecule has 96 valence electrons. The fraction of sp³-hybridized carbons (Fsp3) is 0.176. The molecule has 3 rings (SSSR count). The van der Waals surface area contributed by atoms with Gasteiger partial charge in [-0.1, -0.05) is 0 Å². The Bertz CT molecular complexity index is 623. The maximum absolute atomic E-state index is 2.51. The molecule has 1 heterocycles. The SMILES string of the molecule is C[Si](C)(C)C1=Cc2ccccc2[As]1c1ccccc1. The summed E-state index contributed by atoms with van der Waals surface area (Å²) in [5, 5.41) is 0.